The molecule has 0 aromatic carbocycles. The number of carbonyl (C=O) groups excluding carboxylic acids is 3. The van der Waals surface area contributed by atoms with Crippen LogP contribution in [-0.4, -0.2) is 59.1 Å². The number of alkyl carbamates (subject to hydrolysis) is 1. The van der Waals surface area contributed by atoms with Gasteiger partial charge in [-0.05, 0) is 38.8 Å². The van der Waals surface area contributed by atoms with Gasteiger partial charge in [-0.25, -0.2) is 14.5 Å². The summed E-state index contributed by atoms with van der Waals surface area (Å²) in [4.78, 5) is 36.5. The number of hydrogen-bond donors (Lipinski definition) is 1. The molecule has 7 nitrogen and oxygen atoms in total. The predicted octanol–water partition coefficient (Wildman–Crippen LogP) is 2.00. The second-order valence-electron chi connectivity index (χ2n) is 5.46. The van der Waals surface area contributed by atoms with Gasteiger partial charge in [0.05, 0.1) is 0 Å². The molecule has 1 aliphatic rings. The van der Waals surface area contributed by atoms with Gasteiger partial charge in [0.25, 0.3) is 0 Å². The molecule has 0 aliphatic carbocycles. The van der Waals surface area contributed by atoms with E-state index in [9.17, 15) is 14.4 Å². The summed E-state index contributed by atoms with van der Waals surface area (Å²) >= 11 is 5.27. The quantitative estimate of drug-likeness (QED) is 0.489. The first-order chi connectivity index (χ1) is 9.20. The molecule has 1 saturated heterocycles. The molecular weight excluding hydrogens is 286 g/mol. The minimum atomic E-state index is -0.760. The molecule has 0 aromatic rings. The highest BCUT2D eigenvalue weighted by atomic mass is 35.5. The molecule has 0 aromatic heterocycles. The van der Waals surface area contributed by atoms with E-state index in [0.717, 1.165) is 4.90 Å². The van der Waals surface area contributed by atoms with Crippen molar-refractivity contribution in [2.24, 2.45) is 0 Å². The molecule has 114 valence electrons. The topological polar surface area (TPSA) is 79.0 Å². The third kappa shape index (κ3) is 5.24. The summed E-state index contributed by atoms with van der Waals surface area (Å²) in [6, 6.07) is -0.387. The van der Waals surface area contributed by atoms with Gasteiger partial charge in [-0.3, -0.25) is 4.79 Å². The molecule has 1 rings (SSSR count). The zero-order valence-electron chi connectivity index (χ0n) is 11.9. The zero-order chi connectivity index (χ0) is 15.3. The Morgan fingerprint density at radius 1 is 1.35 bits per heavy atom. The van der Waals surface area contributed by atoms with Crippen LogP contribution < -0.4 is 5.32 Å². The molecule has 0 unspecified atom stereocenters. The monoisotopic (exact) mass is 305 g/mol. The van der Waals surface area contributed by atoms with Gasteiger partial charge in [-0.1, -0.05) is 0 Å². The van der Waals surface area contributed by atoms with Crippen molar-refractivity contribution in [1.29, 1.82) is 0 Å². The van der Waals surface area contributed by atoms with Crippen LogP contribution in [0.15, 0.2) is 0 Å². The molecule has 0 saturated carbocycles. The van der Waals surface area contributed by atoms with E-state index < -0.39 is 17.1 Å². The van der Waals surface area contributed by atoms with Crippen LogP contribution in [0.2, 0.25) is 0 Å². The number of imide groups is 1. The van der Waals surface area contributed by atoms with Crippen LogP contribution in [0.25, 0.3) is 0 Å². The van der Waals surface area contributed by atoms with Crippen molar-refractivity contribution in [2.75, 3.05) is 26.2 Å². The fraction of sp³-hybridized carbons (Fsp3) is 0.750. The van der Waals surface area contributed by atoms with Crippen LogP contribution in [0, 0.1) is 0 Å². The summed E-state index contributed by atoms with van der Waals surface area (Å²) in [5, 5.41) is 1.85. The Morgan fingerprint density at radius 3 is 2.50 bits per heavy atom. The Morgan fingerprint density at radius 2 is 2.00 bits per heavy atom. The Balaban J connectivity index is 2.21. The average molecular weight is 306 g/mol. The number of rotatable bonds is 4. The van der Waals surface area contributed by atoms with Gasteiger partial charge in [0.15, 0.2) is 0 Å². The maximum atomic E-state index is 11.7. The number of halogens is 1. The van der Waals surface area contributed by atoms with E-state index in [1.54, 1.807) is 20.8 Å². The number of carbonyl (C=O) groups is 3. The van der Waals surface area contributed by atoms with Gasteiger partial charge < -0.3 is 15.0 Å². The van der Waals surface area contributed by atoms with Gasteiger partial charge in [0, 0.05) is 26.2 Å². The van der Waals surface area contributed by atoms with Gasteiger partial charge in [0.2, 0.25) is 0 Å². The highest BCUT2D eigenvalue weighted by Gasteiger charge is 2.31. The molecule has 8 heteroatoms. The minimum absolute atomic E-state index is 0.306. The maximum absolute atomic E-state index is 11.7. The SMILES string of the molecule is CC(C)(C)OC(=O)NCCCN1CCN(C(=O)Cl)C1=O. The number of amides is 4. The Hall–Kier alpha value is -1.50. The van der Waals surface area contributed by atoms with E-state index >= 15 is 0 Å². The van der Waals surface area contributed by atoms with Crippen LogP contribution in [-0.2, 0) is 4.74 Å². The lowest BCUT2D eigenvalue weighted by molar-refractivity contribution is 0.0526. The summed E-state index contributed by atoms with van der Waals surface area (Å²) in [7, 11) is 0. The normalized spacial score (nSPS) is 15.5. The summed E-state index contributed by atoms with van der Waals surface area (Å²) < 4.78 is 5.08. The number of nitrogens with zero attached hydrogens (tertiary/aromatic N) is 2. The number of urea groups is 1. The number of hydrogen-bond acceptors (Lipinski definition) is 4. The molecule has 1 N–H and O–H groups in total. The van der Waals surface area contributed by atoms with E-state index in [2.05, 4.69) is 5.32 Å². The summed E-state index contributed by atoms with van der Waals surface area (Å²) in [6.07, 6.45) is 0.0952. The maximum Gasteiger partial charge on any atom is 0.407 e. The highest BCUT2D eigenvalue weighted by Crippen LogP contribution is 2.11. The van der Waals surface area contributed by atoms with Crippen LogP contribution >= 0.6 is 11.6 Å². The van der Waals surface area contributed by atoms with E-state index in [-0.39, 0.29) is 6.03 Å². The Labute approximate surface area is 123 Å². The molecule has 0 spiro atoms. The van der Waals surface area contributed by atoms with Crippen molar-refractivity contribution < 1.29 is 19.1 Å². The van der Waals surface area contributed by atoms with Crippen LogP contribution in [0.1, 0.15) is 27.2 Å². The first-order valence-electron chi connectivity index (χ1n) is 6.43. The molecule has 1 heterocycles. The summed E-state index contributed by atoms with van der Waals surface area (Å²) in [6.45, 7) is 6.97. The van der Waals surface area contributed by atoms with Gasteiger partial charge in [-0.2, -0.15) is 0 Å². The van der Waals surface area contributed by atoms with Crippen LogP contribution in [0.3, 0.4) is 0 Å². The van der Waals surface area contributed by atoms with E-state index in [4.69, 9.17) is 16.3 Å². The van der Waals surface area contributed by atoms with E-state index in [0.29, 0.717) is 32.6 Å². The van der Waals surface area contributed by atoms with E-state index in [1.807, 2.05) is 0 Å². The summed E-state index contributed by atoms with van der Waals surface area (Å²) in [5.74, 6) is 0. The smallest absolute Gasteiger partial charge is 0.407 e. The minimum Gasteiger partial charge on any atom is -0.444 e. The second kappa shape index (κ2) is 6.78. The van der Waals surface area contributed by atoms with Gasteiger partial charge in [0.1, 0.15) is 5.60 Å². The van der Waals surface area contributed by atoms with Crippen molar-refractivity contribution in [3.8, 4) is 0 Å². The van der Waals surface area contributed by atoms with Crippen molar-refractivity contribution in [3.05, 3.63) is 0 Å². The standard InChI is InChI=1S/C12H20ClN3O4/c1-12(2,3)20-10(18)14-5-4-6-15-7-8-16(9(13)17)11(15)19/h4-8H2,1-3H3,(H,14,18). The Kier molecular flexibility index (Phi) is 5.62. The van der Waals surface area contributed by atoms with Gasteiger partial charge >= 0.3 is 17.5 Å². The molecular formula is C12H20ClN3O4. The molecule has 0 radical (unpaired) electrons. The van der Waals surface area contributed by atoms with Crippen molar-refractivity contribution in [2.45, 2.75) is 32.8 Å². The first kappa shape index (κ1) is 16.6. The molecule has 20 heavy (non-hydrogen) atoms. The molecule has 1 fully saturated rings. The largest absolute Gasteiger partial charge is 0.444 e. The second-order valence-corrected chi connectivity index (χ2v) is 5.78. The third-order valence-electron chi connectivity index (χ3n) is 2.58. The summed E-state index contributed by atoms with van der Waals surface area (Å²) in [5.41, 5.74) is -0.532. The molecule has 0 bridgehead atoms. The van der Waals surface area contributed by atoms with Crippen LogP contribution in [0.4, 0.5) is 14.4 Å². The Bertz CT molecular complexity index is 395. The van der Waals surface area contributed by atoms with Gasteiger partial charge in [-0.15, -0.1) is 0 Å². The number of nitrogens with one attached hydrogen (secondary N) is 1. The number of ether oxygens (including phenoxy) is 1. The third-order valence-corrected chi connectivity index (χ3v) is 2.78. The lowest BCUT2D eigenvalue weighted by Gasteiger charge is -2.20. The van der Waals surface area contributed by atoms with Crippen molar-refractivity contribution in [3.63, 3.8) is 0 Å². The molecule has 4 amide bonds. The fourth-order valence-corrected chi connectivity index (χ4v) is 1.88. The van der Waals surface area contributed by atoms with Crippen molar-refractivity contribution >= 4 is 29.1 Å². The van der Waals surface area contributed by atoms with E-state index in [1.165, 1.54) is 4.90 Å². The predicted molar refractivity (Wildman–Crippen MR) is 73.8 cm³/mol. The van der Waals surface area contributed by atoms with Crippen LogP contribution in [0.5, 0.6) is 0 Å². The molecule has 1 aliphatic heterocycles. The average Bonchev–Trinajstić information content (AvgIpc) is 2.64. The first-order valence-corrected chi connectivity index (χ1v) is 6.81. The molecule has 0 atom stereocenters. The highest BCUT2D eigenvalue weighted by molar-refractivity contribution is 6.64. The zero-order valence-corrected chi connectivity index (χ0v) is 12.7. The fourth-order valence-electron chi connectivity index (χ4n) is 1.73. The lowest BCUT2D eigenvalue weighted by Crippen LogP contribution is -2.36. The van der Waals surface area contributed by atoms with Crippen molar-refractivity contribution in [1.82, 2.24) is 15.1 Å². The lowest BCUT2D eigenvalue weighted by atomic mass is 10.2.